The second-order valence-corrected chi connectivity index (χ2v) is 5.69. The first kappa shape index (κ1) is 14.5. The van der Waals surface area contributed by atoms with E-state index in [9.17, 15) is 0 Å². The Morgan fingerprint density at radius 2 is 1.79 bits per heavy atom. The van der Waals surface area contributed by atoms with E-state index >= 15 is 0 Å². The van der Waals surface area contributed by atoms with Gasteiger partial charge in [0.1, 0.15) is 0 Å². The van der Waals surface area contributed by atoms with Crippen molar-refractivity contribution in [1.29, 1.82) is 0 Å². The molecule has 0 spiro atoms. The van der Waals surface area contributed by atoms with Gasteiger partial charge in [0.05, 0.1) is 0 Å². The smallest absolute Gasteiger partial charge is 0.0237 e. The lowest BCUT2D eigenvalue weighted by atomic mass is 10.1. The molecule has 0 bridgehead atoms. The highest BCUT2D eigenvalue weighted by Gasteiger charge is 2.14. The zero-order valence-corrected chi connectivity index (χ0v) is 12.4. The van der Waals surface area contributed by atoms with Crippen LogP contribution < -0.4 is 5.73 Å². The summed E-state index contributed by atoms with van der Waals surface area (Å²) in [6, 6.07) is 6.77. The van der Waals surface area contributed by atoms with Crippen molar-refractivity contribution in [2.24, 2.45) is 5.73 Å². The summed E-state index contributed by atoms with van der Waals surface area (Å²) in [6.45, 7) is 12.0. The molecule has 0 aromatic heterocycles. The van der Waals surface area contributed by atoms with Crippen molar-refractivity contribution in [2.75, 3.05) is 39.3 Å². The molecule has 0 atom stereocenters. The van der Waals surface area contributed by atoms with Crippen molar-refractivity contribution < 1.29 is 0 Å². The minimum Gasteiger partial charge on any atom is -0.329 e. The van der Waals surface area contributed by atoms with Crippen molar-refractivity contribution in [3.8, 4) is 0 Å². The monoisotopic (exact) mass is 261 g/mol. The largest absolute Gasteiger partial charge is 0.329 e. The number of nitrogens with two attached hydrogens (primary N) is 1. The Morgan fingerprint density at radius 3 is 2.58 bits per heavy atom. The van der Waals surface area contributed by atoms with E-state index in [-0.39, 0.29) is 0 Å². The third kappa shape index (κ3) is 4.30. The third-order valence-corrected chi connectivity index (χ3v) is 4.03. The van der Waals surface area contributed by atoms with Gasteiger partial charge in [-0.05, 0) is 44.5 Å². The fourth-order valence-electron chi connectivity index (χ4n) is 2.80. The van der Waals surface area contributed by atoms with E-state index in [1.807, 2.05) is 0 Å². The van der Waals surface area contributed by atoms with Crippen LogP contribution in [0.25, 0.3) is 0 Å². The second-order valence-electron chi connectivity index (χ2n) is 5.69. The number of aryl methyl sites for hydroxylation is 2. The molecule has 0 amide bonds. The number of rotatable bonds is 4. The molecule has 0 aliphatic carbocycles. The summed E-state index contributed by atoms with van der Waals surface area (Å²) in [6.07, 6.45) is 1.25. The summed E-state index contributed by atoms with van der Waals surface area (Å²) >= 11 is 0. The molecule has 0 saturated carbocycles. The van der Waals surface area contributed by atoms with Gasteiger partial charge in [0.25, 0.3) is 0 Å². The minimum atomic E-state index is 0.775. The highest BCUT2D eigenvalue weighted by atomic mass is 15.2. The van der Waals surface area contributed by atoms with E-state index < -0.39 is 0 Å². The van der Waals surface area contributed by atoms with Gasteiger partial charge in [-0.2, -0.15) is 0 Å². The second kappa shape index (κ2) is 7.04. The van der Waals surface area contributed by atoms with Gasteiger partial charge >= 0.3 is 0 Å². The average Bonchev–Trinajstić information content (AvgIpc) is 2.60. The quantitative estimate of drug-likeness (QED) is 0.896. The molecule has 1 saturated heterocycles. The highest BCUT2D eigenvalue weighted by molar-refractivity contribution is 5.30. The summed E-state index contributed by atoms with van der Waals surface area (Å²) in [5.74, 6) is 0. The van der Waals surface area contributed by atoms with Crippen LogP contribution in [0.4, 0.5) is 0 Å². The molecule has 106 valence electrons. The molecule has 1 aliphatic heterocycles. The molecule has 0 radical (unpaired) electrons. The molecule has 3 heteroatoms. The zero-order valence-electron chi connectivity index (χ0n) is 12.4. The average molecular weight is 261 g/mol. The van der Waals surface area contributed by atoms with Gasteiger partial charge < -0.3 is 10.6 Å². The summed E-state index contributed by atoms with van der Waals surface area (Å²) < 4.78 is 0. The maximum atomic E-state index is 5.65. The molecular formula is C16H27N3. The molecule has 3 nitrogen and oxygen atoms in total. The van der Waals surface area contributed by atoms with Crippen LogP contribution in [0, 0.1) is 13.8 Å². The zero-order chi connectivity index (χ0) is 13.7. The first-order chi connectivity index (χ1) is 9.19. The van der Waals surface area contributed by atoms with E-state index in [2.05, 4.69) is 41.8 Å². The Balaban J connectivity index is 1.94. The fourth-order valence-corrected chi connectivity index (χ4v) is 2.80. The summed E-state index contributed by atoms with van der Waals surface area (Å²) in [7, 11) is 0. The van der Waals surface area contributed by atoms with Gasteiger partial charge in [-0.25, -0.2) is 0 Å². The summed E-state index contributed by atoms with van der Waals surface area (Å²) in [5.41, 5.74) is 9.90. The molecule has 1 aliphatic rings. The van der Waals surface area contributed by atoms with Gasteiger partial charge in [0, 0.05) is 32.7 Å². The van der Waals surface area contributed by atoms with Crippen LogP contribution in [-0.2, 0) is 6.54 Å². The van der Waals surface area contributed by atoms with Crippen LogP contribution in [-0.4, -0.2) is 49.1 Å². The Morgan fingerprint density at radius 1 is 1.05 bits per heavy atom. The van der Waals surface area contributed by atoms with E-state index in [0.717, 1.165) is 32.7 Å². The lowest BCUT2D eigenvalue weighted by Gasteiger charge is -2.22. The van der Waals surface area contributed by atoms with Crippen molar-refractivity contribution in [3.05, 3.63) is 34.9 Å². The van der Waals surface area contributed by atoms with Crippen LogP contribution in [0.3, 0.4) is 0 Å². The Labute approximate surface area is 117 Å². The van der Waals surface area contributed by atoms with E-state index in [4.69, 9.17) is 5.73 Å². The summed E-state index contributed by atoms with van der Waals surface area (Å²) in [4.78, 5) is 5.07. The van der Waals surface area contributed by atoms with Gasteiger partial charge in [-0.1, -0.05) is 23.8 Å². The van der Waals surface area contributed by atoms with E-state index in [1.165, 1.54) is 36.2 Å². The molecule has 1 aromatic rings. The molecule has 1 heterocycles. The van der Waals surface area contributed by atoms with Crippen molar-refractivity contribution in [3.63, 3.8) is 0 Å². The van der Waals surface area contributed by atoms with E-state index in [1.54, 1.807) is 0 Å². The van der Waals surface area contributed by atoms with Gasteiger partial charge in [-0.3, -0.25) is 4.90 Å². The maximum absolute atomic E-state index is 5.65. The molecular weight excluding hydrogens is 234 g/mol. The van der Waals surface area contributed by atoms with Crippen LogP contribution in [0.5, 0.6) is 0 Å². The van der Waals surface area contributed by atoms with Crippen LogP contribution >= 0.6 is 0 Å². The standard InChI is InChI=1S/C16H27N3/c1-14-4-5-15(2)16(12-14)13-19-8-3-7-18(9-6-17)10-11-19/h4-5,12H,3,6-11,13,17H2,1-2H3. The first-order valence-corrected chi connectivity index (χ1v) is 7.40. The SMILES string of the molecule is Cc1ccc(C)c(CN2CCCN(CCN)CC2)c1. The summed E-state index contributed by atoms with van der Waals surface area (Å²) in [5, 5.41) is 0. The lowest BCUT2D eigenvalue weighted by Crippen LogP contribution is -2.33. The first-order valence-electron chi connectivity index (χ1n) is 7.40. The molecule has 1 fully saturated rings. The topological polar surface area (TPSA) is 32.5 Å². The van der Waals surface area contributed by atoms with Gasteiger partial charge in [0.2, 0.25) is 0 Å². The number of hydrogen-bond acceptors (Lipinski definition) is 3. The maximum Gasteiger partial charge on any atom is 0.0237 e. The molecule has 19 heavy (non-hydrogen) atoms. The van der Waals surface area contributed by atoms with Crippen LogP contribution in [0.15, 0.2) is 18.2 Å². The molecule has 2 rings (SSSR count). The number of hydrogen-bond donors (Lipinski definition) is 1. The minimum absolute atomic E-state index is 0.775. The molecule has 0 unspecified atom stereocenters. The predicted octanol–water partition coefficient (Wildman–Crippen LogP) is 1.77. The lowest BCUT2D eigenvalue weighted by molar-refractivity contribution is 0.254. The Kier molecular flexibility index (Phi) is 5.37. The number of nitrogens with zero attached hydrogens (tertiary/aromatic N) is 2. The molecule has 2 N–H and O–H groups in total. The van der Waals surface area contributed by atoms with E-state index in [0.29, 0.717) is 0 Å². The van der Waals surface area contributed by atoms with Crippen molar-refractivity contribution >= 4 is 0 Å². The normalized spacial score (nSPS) is 18.5. The number of benzene rings is 1. The van der Waals surface area contributed by atoms with Crippen LogP contribution in [0.1, 0.15) is 23.1 Å². The van der Waals surface area contributed by atoms with Crippen molar-refractivity contribution in [2.45, 2.75) is 26.8 Å². The molecule has 1 aromatic carbocycles. The van der Waals surface area contributed by atoms with Gasteiger partial charge in [-0.15, -0.1) is 0 Å². The van der Waals surface area contributed by atoms with Crippen molar-refractivity contribution in [1.82, 2.24) is 9.80 Å². The highest BCUT2D eigenvalue weighted by Crippen LogP contribution is 2.14. The Bertz CT molecular complexity index is 403. The third-order valence-electron chi connectivity index (χ3n) is 4.03. The fraction of sp³-hybridized carbons (Fsp3) is 0.625. The predicted molar refractivity (Wildman–Crippen MR) is 81.3 cm³/mol. The van der Waals surface area contributed by atoms with Crippen LogP contribution in [0.2, 0.25) is 0 Å². The Hall–Kier alpha value is -0.900. The van der Waals surface area contributed by atoms with Gasteiger partial charge in [0.15, 0.2) is 0 Å².